The fourth-order valence-electron chi connectivity index (χ4n) is 4.14. The normalized spacial score (nSPS) is 18.7. The van der Waals surface area contributed by atoms with Crippen LogP contribution in [0, 0.1) is 23.2 Å². The smallest absolute Gasteiger partial charge is 0.221 e. The van der Waals surface area contributed by atoms with Crippen molar-refractivity contribution in [2.45, 2.75) is 25.7 Å². The maximum Gasteiger partial charge on any atom is 0.221 e. The monoisotopic (exact) mass is 402 g/mol. The van der Waals surface area contributed by atoms with Gasteiger partial charge in [-0.15, -0.1) is 0 Å². The number of hydrogen-bond acceptors (Lipinski definition) is 5. The number of nitriles is 1. The van der Waals surface area contributed by atoms with Crippen molar-refractivity contribution in [1.82, 2.24) is 19.6 Å². The second kappa shape index (κ2) is 7.95. The maximum absolute atomic E-state index is 13.0. The average molecular weight is 402 g/mol. The number of rotatable bonds is 5. The van der Waals surface area contributed by atoms with E-state index in [4.69, 9.17) is 5.73 Å². The van der Waals surface area contributed by atoms with E-state index in [2.05, 4.69) is 16.3 Å². The summed E-state index contributed by atoms with van der Waals surface area (Å²) in [5, 5.41) is 17.9. The van der Waals surface area contributed by atoms with E-state index < -0.39 is 0 Å². The van der Waals surface area contributed by atoms with Crippen LogP contribution in [0.1, 0.15) is 41.7 Å². The molecule has 0 aliphatic heterocycles. The van der Waals surface area contributed by atoms with Gasteiger partial charge in [0.25, 0.3) is 0 Å². The molecule has 2 aromatic heterocycles. The molecular formula is C22H22N6O2. The SMILES string of the molecule is Cn1cc(-n2ccc(-c3ccc(C(=O)C4CCCCC4C(N)=O)cc3)n2)c(C#N)n1. The fraction of sp³-hybridized carbons (Fsp3) is 0.318. The van der Waals surface area contributed by atoms with Crippen LogP contribution in [0.5, 0.6) is 0 Å². The summed E-state index contributed by atoms with van der Waals surface area (Å²) in [6, 6.07) is 11.1. The molecule has 1 saturated carbocycles. The second-order valence-electron chi connectivity index (χ2n) is 7.64. The summed E-state index contributed by atoms with van der Waals surface area (Å²) >= 11 is 0. The molecule has 8 heteroatoms. The summed E-state index contributed by atoms with van der Waals surface area (Å²) in [6.45, 7) is 0. The Balaban J connectivity index is 1.56. The van der Waals surface area contributed by atoms with Gasteiger partial charge < -0.3 is 5.73 Å². The van der Waals surface area contributed by atoms with Crippen LogP contribution in [-0.2, 0) is 11.8 Å². The first-order chi connectivity index (χ1) is 14.5. The van der Waals surface area contributed by atoms with Gasteiger partial charge in [-0.25, -0.2) is 4.68 Å². The van der Waals surface area contributed by atoms with Crippen molar-refractivity contribution < 1.29 is 9.59 Å². The van der Waals surface area contributed by atoms with Gasteiger partial charge >= 0.3 is 0 Å². The fourth-order valence-corrected chi connectivity index (χ4v) is 4.14. The first-order valence-electron chi connectivity index (χ1n) is 9.91. The zero-order chi connectivity index (χ0) is 21.3. The zero-order valence-corrected chi connectivity index (χ0v) is 16.7. The van der Waals surface area contributed by atoms with Crippen molar-refractivity contribution in [3.63, 3.8) is 0 Å². The number of nitrogens with two attached hydrogens (primary N) is 1. The van der Waals surface area contributed by atoms with Crippen LogP contribution in [-0.4, -0.2) is 31.3 Å². The van der Waals surface area contributed by atoms with Crippen LogP contribution in [0.25, 0.3) is 16.9 Å². The van der Waals surface area contributed by atoms with E-state index in [-0.39, 0.29) is 23.5 Å². The van der Waals surface area contributed by atoms with Gasteiger partial charge in [-0.2, -0.15) is 15.5 Å². The van der Waals surface area contributed by atoms with E-state index in [0.717, 1.165) is 24.1 Å². The van der Waals surface area contributed by atoms with E-state index in [1.54, 1.807) is 40.9 Å². The summed E-state index contributed by atoms with van der Waals surface area (Å²) in [4.78, 5) is 24.7. The van der Waals surface area contributed by atoms with Gasteiger partial charge in [-0.1, -0.05) is 37.1 Å². The average Bonchev–Trinajstić information content (AvgIpc) is 3.39. The molecule has 8 nitrogen and oxygen atoms in total. The molecular weight excluding hydrogens is 380 g/mol. The number of aryl methyl sites for hydroxylation is 1. The Labute approximate surface area is 173 Å². The molecule has 2 unspecified atom stereocenters. The van der Waals surface area contributed by atoms with Crippen LogP contribution in [0.3, 0.4) is 0 Å². The molecule has 1 amide bonds. The molecule has 1 aliphatic carbocycles. The first-order valence-corrected chi connectivity index (χ1v) is 9.91. The van der Waals surface area contributed by atoms with Crippen molar-refractivity contribution in [1.29, 1.82) is 5.26 Å². The number of benzene rings is 1. The molecule has 0 bridgehead atoms. The predicted octanol–water partition coefficient (Wildman–Crippen LogP) is 2.62. The van der Waals surface area contributed by atoms with Gasteiger partial charge in [0.1, 0.15) is 11.8 Å². The molecule has 2 N–H and O–H groups in total. The minimum atomic E-state index is -0.387. The Hall–Kier alpha value is -3.73. The predicted molar refractivity (Wildman–Crippen MR) is 109 cm³/mol. The standard InChI is InChI=1S/C22H22N6O2/c1-27-13-20(19(12-23)25-27)28-11-10-18(26-28)14-6-8-15(9-7-14)21(29)16-4-2-3-5-17(16)22(24)30/h6-11,13,16-17H,2-5H2,1H3,(H2,24,30). The highest BCUT2D eigenvalue weighted by molar-refractivity contribution is 6.00. The number of ketones is 1. The number of carbonyl (C=O) groups is 2. The third-order valence-corrected chi connectivity index (χ3v) is 5.68. The molecule has 0 spiro atoms. The van der Waals surface area contributed by atoms with Gasteiger partial charge in [0.15, 0.2) is 11.5 Å². The number of nitrogens with zero attached hydrogens (tertiary/aromatic N) is 5. The number of carbonyl (C=O) groups excluding carboxylic acids is 2. The Morgan fingerprint density at radius 1 is 1.10 bits per heavy atom. The molecule has 4 rings (SSSR count). The molecule has 1 fully saturated rings. The summed E-state index contributed by atoms with van der Waals surface area (Å²) in [6.07, 6.45) is 6.76. The molecule has 0 radical (unpaired) electrons. The first kappa shape index (κ1) is 19.6. The van der Waals surface area contributed by atoms with Crippen molar-refractivity contribution in [3.8, 4) is 23.0 Å². The van der Waals surface area contributed by atoms with E-state index in [0.29, 0.717) is 29.8 Å². The van der Waals surface area contributed by atoms with Crippen LogP contribution < -0.4 is 5.73 Å². The molecule has 0 saturated heterocycles. The lowest BCUT2D eigenvalue weighted by Gasteiger charge is -2.28. The number of hydrogen-bond donors (Lipinski definition) is 1. The Bertz CT molecular complexity index is 1140. The number of aromatic nitrogens is 4. The summed E-state index contributed by atoms with van der Waals surface area (Å²) in [5.41, 5.74) is 8.56. The summed E-state index contributed by atoms with van der Waals surface area (Å²) in [7, 11) is 1.75. The lowest BCUT2D eigenvalue weighted by atomic mass is 9.75. The molecule has 3 aromatic rings. The topological polar surface area (TPSA) is 120 Å². The molecule has 1 aromatic carbocycles. The Morgan fingerprint density at radius 3 is 2.47 bits per heavy atom. The van der Waals surface area contributed by atoms with Crippen molar-refractivity contribution in [2.75, 3.05) is 0 Å². The van der Waals surface area contributed by atoms with Gasteiger partial charge in [0.2, 0.25) is 5.91 Å². The van der Waals surface area contributed by atoms with Crippen LogP contribution in [0.2, 0.25) is 0 Å². The second-order valence-corrected chi connectivity index (χ2v) is 7.64. The van der Waals surface area contributed by atoms with E-state index in [9.17, 15) is 14.9 Å². The summed E-state index contributed by atoms with van der Waals surface area (Å²) in [5.74, 6) is -1.13. The lowest BCUT2D eigenvalue weighted by molar-refractivity contribution is -0.123. The molecule has 2 heterocycles. The Kier molecular flexibility index (Phi) is 5.19. The third-order valence-electron chi connectivity index (χ3n) is 5.68. The quantitative estimate of drug-likeness (QED) is 0.658. The van der Waals surface area contributed by atoms with E-state index >= 15 is 0 Å². The van der Waals surface area contributed by atoms with Crippen LogP contribution >= 0.6 is 0 Å². The highest BCUT2D eigenvalue weighted by atomic mass is 16.1. The van der Waals surface area contributed by atoms with E-state index in [1.807, 2.05) is 18.2 Å². The number of primary amides is 1. The number of amides is 1. The van der Waals surface area contributed by atoms with Gasteiger partial charge in [0, 0.05) is 36.2 Å². The molecule has 2 atom stereocenters. The molecule has 30 heavy (non-hydrogen) atoms. The Morgan fingerprint density at radius 2 is 1.80 bits per heavy atom. The minimum Gasteiger partial charge on any atom is -0.369 e. The summed E-state index contributed by atoms with van der Waals surface area (Å²) < 4.78 is 3.18. The van der Waals surface area contributed by atoms with Gasteiger partial charge in [-0.3, -0.25) is 14.3 Å². The van der Waals surface area contributed by atoms with Crippen molar-refractivity contribution >= 4 is 11.7 Å². The molecule has 152 valence electrons. The van der Waals surface area contributed by atoms with E-state index in [1.165, 1.54) is 0 Å². The zero-order valence-electron chi connectivity index (χ0n) is 16.7. The van der Waals surface area contributed by atoms with Crippen LogP contribution in [0.4, 0.5) is 0 Å². The van der Waals surface area contributed by atoms with Crippen molar-refractivity contribution in [3.05, 3.63) is 54.0 Å². The number of Topliss-reactive ketones (excluding diaryl/α,β-unsaturated/α-hetero) is 1. The highest BCUT2D eigenvalue weighted by Crippen LogP contribution is 2.33. The van der Waals surface area contributed by atoms with Gasteiger partial charge in [-0.05, 0) is 18.9 Å². The lowest BCUT2D eigenvalue weighted by Crippen LogP contribution is -2.36. The third kappa shape index (κ3) is 3.62. The largest absolute Gasteiger partial charge is 0.369 e. The maximum atomic E-state index is 13.0. The highest BCUT2D eigenvalue weighted by Gasteiger charge is 2.34. The minimum absolute atomic E-state index is 0.0235. The van der Waals surface area contributed by atoms with Crippen molar-refractivity contribution in [2.24, 2.45) is 24.6 Å². The molecule has 1 aliphatic rings. The van der Waals surface area contributed by atoms with Crippen LogP contribution in [0.15, 0.2) is 42.7 Å². The van der Waals surface area contributed by atoms with Gasteiger partial charge in [0.05, 0.1) is 11.9 Å².